The SMILES string of the molecule is CC(CN1CCCCCC1)NCCCOC1CCCCC1. The van der Waals surface area contributed by atoms with Crippen molar-refractivity contribution in [1.82, 2.24) is 10.2 Å². The van der Waals surface area contributed by atoms with Gasteiger partial charge in [0.15, 0.2) is 0 Å². The molecular formula is C18H36N2O. The minimum atomic E-state index is 0.563. The van der Waals surface area contributed by atoms with E-state index in [0.717, 1.165) is 19.6 Å². The van der Waals surface area contributed by atoms with Crippen molar-refractivity contribution in [3.63, 3.8) is 0 Å². The molecule has 1 heterocycles. The highest BCUT2D eigenvalue weighted by Crippen LogP contribution is 2.20. The highest BCUT2D eigenvalue weighted by Gasteiger charge is 2.14. The van der Waals surface area contributed by atoms with Gasteiger partial charge in [0, 0.05) is 19.2 Å². The molecule has 0 bridgehead atoms. The fraction of sp³-hybridized carbons (Fsp3) is 1.00. The van der Waals surface area contributed by atoms with Gasteiger partial charge in [-0.2, -0.15) is 0 Å². The minimum absolute atomic E-state index is 0.563. The standard InChI is InChI=1S/C18H36N2O/c1-17(16-20-13-7-2-3-8-14-20)19-12-9-15-21-18-10-5-4-6-11-18/h17-19H,2-16H2,1H3. The molecule has 1 aliphatic carbocycles. The van der Waals surface area contributed by atoms with Gasteiger partial charge in [0.05, 0.1) is 6.10 Å². The van der Waals surface area contributed by atoms with Crippen molar-refractivity contribution >= 4 is 0 Å². The van der Waals surface area contributed by atoms with Gasteiger partial charge in [0.25, 0.3) is 0 Å². The van der Waals surface area contributed by atoms with Crippen LogP contribution in [-0.4, -0.2) is 49.8 Å². The predicted octanol–water partition coefficient (Wildman–Crippen LogP) is 3.58. The van der Waals surface area contributed by atoms with E-state index in [2.05, 4.69) is 17.1 Å². The van der Waals surface area contributed by atoms with Crippen LogP contribution in [0, 0.1) is 0 Å². The van der Waals surface area contributed by atoms with Crippen molar-refractivity contribution in [3.8, 4) is 0 Å². The molecule has 1 unspecified atom stereocenters. The van der Waals surface area contributed by atoms with E-state index in [0.29, 0.717) is 12.1 Å². The molecule has 1 atom stereocenters. The van der Waals surface area contributed by atoms with Gasteiger partial charge in [0.1, 0.15) is 0 Å². The lowest BCUT2D eigenvalue weighted by atomic mass is 9.98. The Morgan fingerprint density at radius 3 is 2.38 bits per heavy atom. The lowest BCUT2D eigenvalue weighted by Crippen LogP contribution is -2.40. The maximum absolute atomic E-state index is 5.98. The van der Waals surface area contributed by atoms with Crippen LogP contribution >= 0.6 is 0 Å². The van der Waals surface area contributed by atoms with E-state index in [1.165, 1.54) is 77.4 Å². The molecule has 2 aliphatic rings. The topological polar surface area (TPSA) is 24.5 Å². The van der Waals surface area contributed by atoms with E-state index < -0.39 is 0 Å². The van der Waals surface area contributed by atoms with E-state index in [-0.39, 0.29) is 0 Å². The predicted molar refractivity (Wildman–Crippen MR) is 89.8 cm³/mol. The molecule has 2 rings (SSSR count). The molecule has 2 fully saturated rings. The van der Waals surface area contributed by atoms with E-state index in [9.17, 15) is 0 Å². The number of ether oxygens (including phenoxy) is 1. The second-order valence-electron chi connectivity index (χ2n) is 7.05. The summed E-state index contributed by atoms with van der Waals surface area (Å²) in [6.45, 7) is 8.18. The van der Waals surface area contributed by atoms with Crippen LogP contribution in [0.25, 0.3) is 0 Å². The monoisotopic (exact) mass is 296 g/mol. The van der Waals surface area contributed by atoms with Gasteiger partial charge in [-0.3, -0.25) is 0 Å². The van der Waals surface area contributed by atoms with Crippen LogP contribution in [-0.2, 0) is 4.74 Å². The normalized spacial score (nSPS) is 23.9. The first-order valence-corrected chi connectivity index (χ1v) is 9.42. The van der Waals surface area contributed by atoms with Crippen molar-refractivity contribution in [1.29, 1.82) is 0 Å². The summed E-state index contributed by atoms with van der Waals surface area (Å²) in [5.41, 5.74) is 0. The molecule has 3 heteroatoms. The van der Waals surface area contributed by atoms with Crippen LogP contribution in [0.15, 0.2) is 0 Å². The van der Waals surface area contributed by atoms with Gasteiger partial charge in [-0.15, -0.1) is 0 Å². The van der Waals surface area contributed by atoms with Crippen LogP contribution in [0.5, 0.6) is 0 Å². The Kier molecular flexibility index (Phi) is 8.68. The zero-order chi connectivity index (χ0) is 14.8. The van der Waals surface area contributed by atoms with Crippen LogP contribution in [0.1, 0.15) is 71.1 Å². The zero-order valence-electron chi connectivity index (χ0n) is 14.1. The van der Waals surface area contributed by atoms with Crippen molar-refractivity contribution in [2.45, 2.75) is 83.3 Å². The van der Waals surface area contributed by atoms with Gasteiger partial charge >= 0.3 is 0 Å². The van der Waals surface area contributed by atoms with Gasteiger partial charge in [-0.25, -0.2) is 0 Å². The Labute approximate surface area is 131 Å². The average molecular weight is 296 g/mol. The van der Waals surface area contributed by atoms with Crippen LogP contribution < -0.4 is 5.32 Å². The fourth-order valence-electron chi connectivity index (χ4n) is 3.67. The molecule has 0 aromatic carbocycles. The van der Waals surface area contributed by atoms with Gasteiger partial charge < -0.3 is 15.0 Å². The summed E-state index contributed by atoms with van der Waals surface area (Å²) in [6.07, 6.45) is 14.1. The third kappa shape index (κ3) is 7.62. The Balaban J connectivity index is 1.45. The Bertz CT molecular complexity index is 246. The summed E-state index contributed by atoms with van der Waals surface area (Å²) in [5, 5.41) is 3.67. The molecule has 124 valence electrons. The third-order valence-corrected chi connectivity index (χ3v) is 4.95. The number of rotatable bonds is 8. The largest absolute Gasteiger partial charge is 0.378 e. The smallest absolute Gasteiger partial charge is 0.0575 e. The van der Waals surface area contributed by atoms with Crippen molar-refractivity contribution < 1.29 is 4.74 Å². The molecule has 21 heavy (non-hydrogen) atoms. The fourth-order valence-corrected chi connectivity index (χ4v) is 3.67. The summed E-state index contributed by atoms with van der Waals surface area (Å²) in [6, 6.07) is 0.609. The first kappa shape index (κ1) is 17.2. The van der Waals surface area contributed by atoms with Crippen LogP contribution in [0.3, 0.4) is 0 Å². The molecule has 1 aliphatic heterocycles. The van der Waals surface area contributed by atoms with Crippen LogP contribution in [0.4, 0.5) is 0 Å². The molecular weight excluding hydrogens is 260 g/mol. The molecule has 0 aromatic rings. The third-order valence-electron chi connectivity index (χ3n) is 4.95. The van der Waals surface area contributed by atoms with E-state index in [1.807, 2.05) is 0 Å². The van der Waals surface area contributed by atoms with Gasteiger partial charge in [-0.05, 0) is 58.7 Å². The molecule has 0 spiro atoms. The first-order valence-electron chi connectivity index (χ1n) is 9.42. The molecule has 1 saturated carbocycles. The van der Waals surface area contributed by atoms with E-state index in [4.69, 9.17) is 4.74 Å². The van der Waals surface area contributed by atoms with Crippen molar-refractivity contribution in [2.24, 2.45) is 0 Å². The van der Waals surface area contributed by atoms with E-state index >= 15 is 0 Å². The molecule has 0 radical (unpaired) electrons. The van der Waals surface area contributed by atoms with Gasteiger partial charge in [-0.1, -0.05) is 32.1 Å². The highest BCUT2D eigenvalue weighted by molar-refractivity contribution is 4.70. The number of nitrogens with zero attached hydrogens (tertiary/aromatic N) is 1. The number of nitrogens with one attached hydrogen (secondary N) is 1. The summed E-state index contributed by atoms with van der Waals surface area (Å²) in [5.74, 6) is 0. The second-order valence-corrected chi connectivity index (χ2v) is 7.05. The lowest BCUT2D eigenvalue weighted by molar-refractivity contribution is 0.0270. The molecule has 0 amide bonds. The first-order chi connectivity index (χ1) is 10.3. The summed E-state index contributed by atoms with van der Waals surface area (Å²) in [7, 11) is 0. The second kappa shape index (κ2) is 10.6. The highest BCUT2D eigenvalue weighted by atomic mass is 16.5. The molecule has 1 saturated heterocycles. The summed E-state index contributed by atoms with van der Waals surface area (Å²) in [4.78, 5) is 2.64. The lowest BCUT2D eigenvalue weighted by Gasteiger charge is -2.25. The maximum atomic E-state index is 5.98. The average Bonchev–Trinajstić information content (AvgIpc) is 2.76. The van der Waals surface area contributed by atoms with Crippen molar-refractivity contribution in [2.75, 3.05) is 32.8 Å². The molecule has 3 nitrogen and oxygen atoms in total. The van der Waals surface area contributed by atoms with Gasteiger partial charge in [0.2, 0.25) is 0 Å². The minimum Gasteiger partial charge on any atom is -0.378 e. The summed E-state index contributed by atoms with van der Waals surface area (Å²) < 4.78 is 5.98. The van der Waals surface area contributed by atoms with Crippen molar-refractivity contribution in [3.05, 3.63) is 0 Å². The number of hydrogen-bond acceptors (Lipinski definition) is 3. The molecule has 0 aromatic heterocycles. The van der Waals surface area contributed by atoms with E-state index in [1.54, 1.807) is 0 Å². The molecule has 1 N–H and O–H groups in total. The Hall–Kier alpha value is -0.120. The summed E-state index contributed by atoms with van der Waals surface area (Å²) >= 11 is 0. The Morgan fingerprint density at radius 2 is 1.67 bits per heavy atom. The number of likely N-dealkylation sites (tertiary alicyclic amines) is 1. The van der Waals surface area contributed by atoms with Crippen LogP contribution in [0.2, 0.25) is 0 Å². The number of hydrogen-bond donors (Lipinski definition) is 1. The Morgan fingerprint density at radius 1 is 1.00 bits per heavy atom. The quantitative estimate of drug-likeness (QED) is 0.693. The maximum Gasteiger partial charge on any atom is 0.0575 e. The zero-order valence-corrected chi connectivity index (χ0v) is 14.1.